The van der Waals surface area contributed by atoms with Crippen LogP contribution in [-0.2, 0) is 10.4 Å². The Morgan fingerprint density at radius 2 is 1.93 bits per heavy atom. The number of carbonyl (C=O) groups excluding carboxylic acids is 1. The number of aliphatic imine (C=N–C) groups is 1. The van der Waals surface area contributed by atoms with Gasteiger partial charge in [-0.1, -0.05) is 0 Å². The number of furan rings is 1. The molecule has 2 heterocycles. The van der Waals surface area contributed by atoms with Crippen LogP contribution in [-0.4, -0.2) is 79.1 Å². The van der Waals surface area contributed by atoms with Crippen molar-refractivity contribution in [3.8, 4) is 0 Å². The zero-order valence-corrected chi connectivity index (χ0v) is 20.6. The normalized spacial score (nSPS) is 17.4. The average Bonchev–Trinajstić information content (AvgIpc) is 2.99. The molecule has 9 heteroatoms. The highest BCUT2D eigenvalue weighted by Gasteiger charge is 2.27. The van der Waals surface area contributed by atoms with Crippen molar-refractivity contribution in [2.24, 2.45) is 4.99 Å². The first kappa shape index (κ1) is 25.7. The van der Waals surface area contributed by atoms with Crippen LogP contribution in [0.15, 0.2) is 15.5 Å². The van der Waals surface area contributed by atoms with Gasteiger partial charge in [0.1, 0.15) is 17.1 Å². The van der Waals surface area contributed by atoms with Gasteiger partial charge in [-0.15, -0.1) is 24.0 Å². The number of aliphatic hydroxyl groups is 1. The number of carbonyl (C=O) groups is 1. The number of guanidine groups is 1. The summed E-state index contributed by atoms with van der Waals surface area (Å²) >= 11 is 0. The van der Waals surface area contributed by atoms with Crippen molar-refractivity contribution in [3.63, 3.8) is 0 Å². The highest BCUT2D eigenvalue weighted by atomic mass is 127. The number of rotatable bonds is 7. The van der Waals surface area contributed by atoms with E-state index in [0.717, 1.165) is 62.9 Å². The van der Waals surface area contributed by atoms with Gasteiger partial charge in [-0.05, 0) is 33.8 Å². The van der Waals surface area contributed by atoms with Gasteiger partial charge in [0.2, 0.25) is 5.91 Å². The summed E-state index contributed by atoms with van der Waals surface area (Å²) in [7, 11) is 0. The summed E-state index contributed by atoms with van der Waals surface area (Å²) in [6.07, 6.45) is 0. The van der Waals surface area contributed by atoms with Crippen LogP contribution < -0.4 is 10.6 Å². The summed E-state index contributed by atoms with van der Waals surface area (Å²) in [5.74, 6) is 2.34. The first-order chi connectivity index (χ1) is 13.2. The molecular formula is C20H36IN5O3. The maximum absolute atomic E-state index is 11.4. The summed E-state index contributed by atoms with van der Waals surface area (Å²) in [6.45, 7) is 15.1. The van der Waals surface area contributed by atoms with E-state index in [2.05, 4.69) is 20.5 Å². The fourth-order valence-corrected chi connectivity index (χ4v) is 3.44. The minimum absolute atomic E-state index is 0. The minimum atomic E-state index is -1.09. The van der Waals surface area contributed by atoms with E-state index in [0.29, 0.717) is 5.96 Å². The Kier molecular flexibility index (Phi) is 10.4. The summed E-state index contributed by atoms with van der Waals surface area (Å²) < 4.78 is 5.54. The first-order valence-corrected chi connectivity index (χ1v) is 10.0. The molecule has 0 spiro atoms. The lowest BCUT2D eigenvalue weighted by Gasteiger charge is -2.34. The molecule has 166 valence electrons. The topological polar surface area (TPSA) is 93.3 Å². The summed E-state index contributed by atoms with van der Waals surface area (Å²) in [6, 6.07) is 1.87. The Balaban J connectivity index is 0.00000420. The highest BCUT2D eigenvalue weighted by Crippen LogP contribution is 2.27. The molecule has 1 amide bonds. The molecule has 8 nitrogen and oxygen atoms in total. The fraction of sp³-hybridized carbons (Fsp3) is 0.700. The quantitative estimate of drug-likeness (QED) is 0.286. The van der Waals surface area contributed by atoms with E-state index in [1.807, 2.05) is 31.7 Å². The van der Waals surface area contributed by atoms with Crippen LogP contribution in [0.4, 0.5) is 0 Å². The third-order valence-corrected chi connectivity index (χ3v) is 5.05. The van der Waals surface area contributed by atoms with E-state index >= 15 is 0 Å². The van der Waals surface area contributed by atoms with Gasteiger partial charge in [0, 0.05) is 58.3 Å². The maximum atomic E-state index is 11.4. The summed E-state index contributed by atoms with van der Waals surface area (Å²) in [5, 5.41) is 17.4. The molecule has 1 fully saturated rings. The lowest BCUT2D eigenvalue weighted by atomic mass is 9.96. The van der Waals surface area contributed by atoms with Crippen LogP contribution in [0, 0.1) is 13.8 Å². The van der Waals surface area contributed by atoms with Crippen molar-refractivity contribution in [3.05, 3.63) is 23.2 Å². The monoisotopic (exact) mass is 521 g/mol. The van der Waals surface area contributed by atoms with Crippen LogP contribution >= 0.6 is 24.0 Å². The molecule has 0 radical (unpaired) electrons. The molecule has 1 aromatic heterocycles. The number of nitrogens with zero attached hydrogens (tertiary/aromatic N) is 3. The van der Waals surface area contributed by atoms with Crippen LogP contribution in [0.2, 0.25) is 0 Å². The molecule has 2 rings (SSSR count). The molecule has 3 N–H and O–H groups in total. The maximum Gasteiger partial charge on any atom is 0.219 e. The zero-order chi connectivity index (χ0) is 20.7. The fourth-order valence-electron chi connectivity index (χ4n) is 3.44. The van der Waals surface area contributed by atoms with Crippen LogP contribution in [0.1, 0.15) is 37.9 Å². The van der Waals surface area contributed by atoms with Gasteiger partial charge < -0.3 is 25.1 Å². The lowest BCUT2D eigenvalue weighted by molar-refractivity contribution is -0.130. The number of aryl methyl sites for hydroxylation is 2. The third kappa shape index (κ3) is 7.78. The average molecular weight is 521 g/mol. The smallest absolute Gasteiger partial charge is 0.219 e. The Morgan fingerprint density at radius 3 is 2.45 bits per heavy atom. The second-order valence-electron chi connectivity index (χ2n) is 7.57. The van der Waals surface area contributed by atoms with Crippen LogP contribution in [0.3, 0.4) is 0 Å². The van der Waals surface area contributed by atoms with Gasteiger partial charge in [0.15, 0.2) is 5.96 Å². The van der Waals surface area contributed by atoms with Crippen LogP contribution in [0.25, 0.3) is 0 Å². The minimum Gasteiger partial charge on any atom is -0.466 e. The largest absolute Gasteiger partial charge is 0.466 e. The van der Waals surface area contributed by atoms with Gasteiger partial charge in [0.25, 0.3) is 0 Å². The molecule has 1 unspecified atom stereocenters. The molecule has 0 bridgehead atoms. The van der Waals surface area contributed by atoms with Gasteiger partial charge in [-0.2, -0.15) is 0 Å². The number of hydrogen-bond acceptors (Lipinski definition) is 5. The van der Waals surface area contributed by atoms with Crippen molar-refractivity contribution in [2.45, 2.75) is 40.2 Å². The molecule has 0 saturated carbocycles. The Labute approximate surface area is 191 Å². The Morgan fingerprint density at radius 1 is 1.28 bits per heavy atom. The molecule has 1 aliphatic heterocycles. The number of hydrogen-bond donors (Lipinski definition) is 3. The van der Waals surface area contributed by atoms with E-state index in [1.165, 1.54) is 0 Å². The number of nitrogens with one attached hydrogen (secondary N) is 2. The van der Waals surface area contributed by atoms with E-state index in [-0.39, 0.29) is 36.4 Å². The van der Waals surface area contributed by atoms with E-state index in [9.17, 15) is 9.90 Å². The van der Waals surface area contributed by atoms with Gasteiger partial charge >= 0.3 is 0 Å². The van der Waals surface area contributed by atoms with Crippen molar-refractivity contribution < 1.29 is 14.3 Å². The summed E-state index contributed by atoms with van der Waals surface area (Å²) in [4.78, 5) is 20.2. The standard InChI is InChI=1S/C20H35N5O3.HI/c1-6-21-19(22-7-8-24-9-11-25(12-10-24)17(4)26)23-14-20(5,27)18-13-15(2)28-16(18)3;/h13,27H,6-12,14H2,1-5H3,(H2,21,22,23);1H. The molecular weight excluding hydrogens is 485 g/mol. The molecule has 1 atom stereocenters. The molecule has 1 saturated heterocycles. The molecule has 1 aliphatic rings. The predicted octanol–water partition coefficient (Wildman–Crippen LogP) is 1.44. The predicted molar refractivity (Wildman–Crippen MR) is 126 cm³/mol. The SMILES string of the molecule is CCNC(=NCC(C)(O)c1cc(C)oc1C)NCCN1CCN(C(C)=O)CC1.I. The second kappa shape index (κ2) is 11.8. The molecule has 29 heavy (non-hydrogen) atoms. The van der Waals surface area contributed by atoms with E-state index in [4.69, 9.17) is 4.42 Å². The van der Waals surface area contributed by atoms with E-state index in [1.54, 1.807) is 13.8 Å². The molecule has 0 aromatic carbocycles. The highest BCUT2D eigenvalue weighted by molar-refractivity contribution is 14.0. The van der Waals surface area contributed by atoms with Crippen molar-refractivity contribution in [1.29, 1.82) is 0 Å². The second-order valence-corrected chi connectivity index (χ2v) is 7.57. The number of halogens is 1. The van der Waals surface area contributed by atoms with Crippen molar-refractivity contribution in [1.82, 2.24) is 20.4 Å². The van der Waals surface area contributed by atoms with Crippen molar-refractivity contribution in [2.75, 3.05) is 52.4 Å². The summed E-state index contributed by atoms with van der Waals surface area (Å²) in [5.41, 5.74) is -0.319. The number of piperazine rings is 1. The molecule has 0 aliphatic carbocycles. The van der Waals surface area contributed by atoms with Gasteiger partial charge in [-0.3, -0.25) is 9.69 Å². The molecule has 1 aromatic rings. The van der Waals surface area contributed by atoms with Gasteiger partial charge in [0.05, 0.1) is 6.54 Å². The van der Waals surface area contributed by atoms with E-state index < -0.39 is 5.60 Å². The lowest BCUT2D eigenvalue weighted by Crippen LogP contribution is -2.50. The van der Waals surface area contributed by atoms with Crippen molar-refractivity contribution >= 4 is 35.8 Å². The number of amides is 1. The Hall–Kier alpha value is -1.33. The van der Waals surface area contributed by atoms with Gasteiger partial charge in [-0.25, -0.2) is 4.99 Å². The third-order valence-electron chi connectivity index (χ3n) is 5.05. The zero-order valence-electron chi connectivity index (χ0n) is 18.2. The Bertz CT molecular complexity index is 682. The first-order valence-electron chi connectivity index (χ1n) is 10.0. The van der Waals surface area contributed by atoms with Crippen LogP contribution in [0.5, 0.6) is 0 Å².